The van der Waals surface area contributed by atoms with Crippen LogP contribution in [0.2, 0.25) is 0 Å². The number of piperidine rings is 1. The first kappa shape index (κ1) is 22.4. The highest BCUT2D eigenvalue weighted by molar-refractivity contribution is 9.11. The number of amides is 3. The maximum Gasteiger partial charge on any atom is 0.322 e. The van der Waals surface area contributed by atoms with E-state index in [0.717, 1.165) is 24.1 Å². The molecule has 172 valence electrons. The van der Waals surface area contributed by atoms with Gasteiger partial charge in [0.25, 0.3) is 0 Å². The lowest BCUT2D eigenvalue weighted by molar-refractivity contribution is -0.134. The quantitative estimate of drug-likeness (QED) is 0.410. The molecular weight excluding hydrogens is 552 g/mol. The van der Waals surface area contributed by atoms with Crippen LogP contribution in [0.1, 0.15) is 35.2 Å². The number of hydrogen-bond acceptors (Lipinski definition) is 4. The van der Waals surface area contributed by atoms with E-state index < -0.39 is 0 Å². The van der Waals surface area contributed by atoms with Gasteiger partial charge in [-0.3, -0.25) is 9.59 Å². The summed E-state index contributed by atoms with van der Waals surface area (Å²) in [6, 6.07) is 11.3. The molecule has 2 aromatic rings. The highest BCUT2D eigenvalue weighted by atomic mass is 79.9. The van der Waals surface area contributed by atoms with Crippen molar-refractivity contribution in [3.05, 3.63) is 56.5 Å². The Kier molecular flexibility index (Phi) is 5.95. The second kappa shape index (κ2) is 8.76. The van der Waals surface area contributed by atoms with E-state index in [9.17, 15) is 14.4 Å². The normalized spacial score (nSPS) is 22.5. The van der Waals surface area contributed by atoms with E-state index in [-0.39, 0.29) is 35.6 Å². The largest absolute Gasteiger partial charge is 0.397 e. The standard InChI is InChI=1S/C24H24Br2N4O3/c25-18-9-14(10-19(26)21(18)27)22(31)16-11-17(16)23(32)29-7-5-15(6-8-29)30-12-13-3-1-2-4-20(13)28-24(30)33/h1-4,9-10,15-17H,5-8,11-12,27H2,(H,28,33)/t16-,17-/m1/s1. The Balaban J connectivity index is 1.17. The van der Waals surface area contributed by atoms with Crippen LogP contribution in [0.4, 0.5) is 16.2 Å². The number of urea groups is 1. The first-order valence-corrected chi connectivity index (χ1v) is 12.6. The van der Waals surface area contributed by atoms with Crippen molar-refractivity contribution >= 4 is 61.0 Å². The number of carbonyl (C=O) groups excluding carboxylic acids is 3. The van der Waals surface area contributed by atoms with Crippen molar-refractivity contribution in [2.45, 2.75) is 31.8 Å². The number of halogens is 2. The molecule has 0 bridgehead atoms. The van der Waals surface area contributed by atoms with Crippen molar-refractivity contribution in [3.8, 4) is 0 Å². The van der Waals surface area contributed by atoms with Crippen LogP contribution < -0.4 is 11.1 Å². The molecule has 2 heterocycles. The van der Waals surface area contributed by atoms with Gasteiger partial charge in [0, 0.05) is 57.7 Å². The number of Topliss-reactive ketones (excluding diaryl/α,β-unsaturated/α-hetero) is 1. The molecule has 0 unspecified atom stereocenters. The number of hydrogen-bond donors (Lipinski definition) is 2. The third-order valence-electron chi connectivity index (χ3n) is 6.89. The van der Waals surface area contributed by atoms with Crippen LogP contribution >= 0.6 is 31.9 Å². The maximum atomic E-state index is 13.0. The third-order valence-corrected chi connectivity index (χ3v) is 8.20. The van der Waals surface area contributed by atoms with E-state index in [1.165, 1.54) is 0 Å². The van der Waals surface area contributed by atoms with Crippen molar-refractivity contribution in [3.63, 3.8) is 0 Å². The summed E-state index contributed by atoms with van der Waals surface area (Å²) in [6.07, 6.45) is 2.07. The molecule has 2 aliphatic heterocycles. The van der Waals surface area contributed by atoms with E-state index in [2.05, 4.69) is 37.2 Å². The van der Waals surface area contributed by atoms with Crippen LogP contribution in [0.15, 0.2) is 45.3 Å². The molecule has 0 spiro atoms. The van der Waals surface area contributed by atoms with Crippen LogP contribution in [-0.2, 0) is 11.3 Å². The van der Waals surface area contributed by atoms with Gasteiger partial charge in [-0.25, -0.2) is 4.79 Å². The Bertz CT molecular complexity index is 1120. The van der Waals surface area contributed by atoms with Gasteiger partial charge in [-0.05, 0) is 74.9 Å². The zero-order valence-corrected chi connectivity index (χ0v) is 21.1. The Morgan fingerprint density at radius 3 is 2.39 bits per heavy atom. The average Bonchev–Trinajstić information content (AvgIpc) is 3.62. The van der Waals surface area contributed by atoms with Crippen LogP contribution in [0, 0.1) is 11.8 Å². The van der Waals surface area contributed by atoms with Gasteiger partial charge in [0.2, 0.25) is 5.91 Å². The Hall–Kier alpha value is -2.39. The molecule has 33 heavy (non-hydrogen) atoms. The minimum atomic E-state index is -0.276. The summed E-state index contributed by atoms with van der Waals surface area (Å²) in [4.78, 5) is 42.3. The molecule has 1 saturated heterocycles. The summed E-state index contributed by atoms with van der Waals surface area (Å²) in [5.41, 5.74) is 9.00. The summed E-state index contributed by atoms with van der Waals surface area (Å²) in [5.74, 6) is -0.501. The molecule has 0 radical (unpaired) electrons. The second-order valence-electron chi connectivity index (χ2n) is 8.94. The Labute approximate surface area is 208 Å². The SMILES string of the molecule is Nc1c(Br)cc(C(=O)[C@@H]2C[C@H]2C(=O)N2CCC(N3Cc4ccccc4NC3=O)CC2)cc1Br. The average molecular weight is 576 g/mol. The number of benzene rings is 2. The summed E-state index contributed by atoms with van der Waals surface area (Å²) >= 11 is 6.76. The topological polar surface area (TPSA) is 95.7 Å². The summed E-state index contributed by atoms with van der Waals surface area (Å²) in [7, 11) is 0. The van der Waals surface area contributed by atoms with E-state index in [1.807, 2.05) is 34.1 Å². The number of ketones is 1. The smallest absolute Gasteiger partial charge is 0.322 e. The van der Waals surface area contributed by atoms with Gasteiger partial charge in [-0.2, -0.15) is 0 Å². The summed E-state index contributed by atoms with van der Waals surface area (Å²) in [5, 5.41) is 2.97. The number of likely N-dealkylation sites (tertiary alicyclic amines) is 1. The number of nitrogens with one attached hydrogen (secondary N) is 1. The van der Waals surface area contributed by atoms with E-state index in [0.29, 0.717) is 46.3 Å². The molecule has 3 aliphatic rings. The van der Waals surface area contributed by atoms with Gasteiger partial charge in [-0.1, -0.05) is 18.2 Å². The predicted molar refractivity (Wildman–Crippen MR) is 133 cm³/mol. The Morgan fingerprint density at radius 2 is 1.70 bits per heavy atom. The molecule has 1 saturated carbocycles. The number of nitrogen functional groups attached to an aromatic ring is 1. The number of anilines is 2. The maximum absolute atomic E-state index is 13.0. The van der Waals surface area contributed by atoms with Crippen LogP contribution in [0.5, 0.6) is 0 Å². The first-order chi connectivity index (χ1) is 15.8. The van der Waals surface area contributed by atoms with E-state index in [1.54, 1.807) is 12.1 Å². The number of nitrogens with two attached hydrogens (primary N) is 1. The molecule has 2 aromatic carbocycles. The fourth-order valence-electron chi connectivity index (χ4n) is 4.85. The number of carbonyl (C=O) groups is 3. The zero-order valence-electron chi connectivity index (χ0n) is 17.9. The fourth-order valence-corrected chi connectivity index (χ4v) is 6.03. The van der Waals surface area contributed by atoms with Crippen LogP contribution in [-0.4, -0.2) is 46.7 Å². The van der Waals surface area contributed by atoms with Crippen molar-refractivity contribution in [1.29, 1.82) is 0 Å². The molecule has 2 fully saturated rings. The lowest BCUT2D eigenvalue weighted by Crippen LogP contribution is -2.51. The second-order valence-corrected chi connectivity index (χ2v) is 10.6. The molecule has 2 atom stereocenters. The lowest BCUT2D eigenvalue weighted by Gasteiger charge is -2.40. The molecule has 5 rings (SSSR count). The molecule has 3 N–H and O–H groups in total. The van der Waals surface area contributed by atoms with Gasteiger partial charge in [-0.15, -0.1) is 0 Å². The summed E-state index contributed by atoms with van der Waals surface area (Å²) in [6.45, 7) is 1.79. The van der Waals surface area contributed by atoms with Gasteiger partial charge in [0.15, 0.2) is 5.78 Å². The number of nitrogens with zero attached hydrogens (tertiary/aromatic N) is 2. The predicted octanol–water partition coefficient (Wildman–Crippen LogP) is 4.65. The molecular formula is C24H24Br2N4O3. The fraction of sp³-hybridized carbons (Fsp3) is 0.375. The van der Waals surface area contributed by atoms with Crippen molar-refractivity contribution in [1.82, 2.24) is 9.80 Å². The zero-order chi connectivity index (χ0) is 23.3. The molecule has 1 aliphatic carbocycles. The lowest BCUT2D eigenvalue weighted by atomic mass is 10.00. The minimum absolute atomic E-state index is 0.0201. The van der Waals surface area contributed by atoms with E-state index >= 15 is 0 Å². The van der Waals surface area contributed by atoms with Gasteiger partial charge in [0.1, 0.15) is 0 Å². The number of fused-ring (bicyclic) bond motifs is 1. The van der Waals surface area contributed by atoms with Gasteiger partial charge < -0.3 is 20.9 Å². The molecule has 3 amide bonds. The number of rotatable bonds is 4. The highest BCUT2D eigenvalue weighted by Crippen LogP contribution is 2.44. The van der Waals surface area contributed by atoms with Crippen molar-refractivity contribution < 1.29 is 14.4 Å². The minimum Gasteiger partial charge on any atom is -0.397 e. The highest BCUT2D eigenvalue weighted by Gasteiger charge is 2.50. The van der Waals surface area contributed by atoms with Crippen LogP contribution in [0.25, 0.3) is 0 Å². The first-order valence-electron chi connectivity index (χ1n) is 11.1. The Morgan fingerprint density at radius 1 is 1.03 bits per heavy atom. The van der Waals surface area contributed by atoms with Gasteiger partial charge in [0.05, 0.1) is 5.69 Å². The van der Waals surface area contributed by atoms with Gasteiger partial charge >= 0.3 is 6.03 Å². The summed E-state index contributed by atoms with van der Waals surface area (Å²) < 4.78 is 1.32. The molecule has 0 aromatic heterocycles. The molecule has 9 heteroatoms. The van der Waals surface area contributed by atoms with Crippen molar-refractivity contribution in [2.24, 2.45) is 11.8 Å². The monoisotopic (exact) mass is 574 g/mol. The van der Waals surface area contributed by atoms with E-state index in [4.69, 9.17) is 5.73 Å². The third kappa shape index (κ3) is 4.28. The number of para-hydroxylation sites is 1. The molecule has 7 nitrogen and oxygen atoms in total. The van der Waals surface area contributed by atoms with Crippen LogP contribution in [0.3, 0.4) is 0 Å². The van der Waals surface area contributed by atoms with Crippen molar-refractivity contribution in [2.75, 3.05) is 24.1 Å².